The van der Waals surface area contributed by atoms with E-state index in [0.29, 0.717) is 10.9 Å². The van der Waals surface area contributed by atoms with Crippen molar-refractivity contribution in [1.29, 1.82) is 0 Å². The van der Waals surface area contributed by atoms with Gasteiger partial charge in [0.2, 0.25) is 0 Å². The molecule has 1 aromatic rings. The number of aromatic nitrogens is 1. The van der Waals surface area contributed by atoms with Crippen LogP contribution in [-0.2, 0) is 0 Å². The van der Waals surface area contributed by atoms with Gasteiger partial charge in [-0.3, -0.25) is 4.79 Å². The second-order valence-corrected chi connectivity index (χ2v) is 5.20. The van der Waals surface area contributed by atoms with Crippen LogP contribution < -0.4 is 4.90 Å². The van der Waals surface area contributed by atoms with Gasteiger partial charge in [-0.25, -0.2) is 4.98 Å². The minimum Gasteiger partial charge on any atom is -0.346 e. The monoisotopic (exact) mass is 240 g/mol. The molecule has 0 aliphatic carbocycles. The summed E-state index contributed by atoms with van der Waals surface area (Å²) < 4.78 is 0. The Morgan fingerprint density at radius 2 is 2.25 bits per heavy atom. The number of hydrogen-bond acceptors (Lipinski definition) is 4. The fourth-order valence-corrected chi connectivity index (χ4v) is 2.46. The molecular formula is C12H20N2OS. The Morgan fingerprint density at radius 3 is 2.75 bits per heavy atom. The largest absolute Gasteiger partial charge is 0.346 e. The summed E-state index contributed by atoms with van der Waals surface area (Å²) in [5.41, 5.74) is 0. The van der Waals surface area contributed by atoms with Gasteiger partial charge in [0.15, 0.2) is 11.4 Å². The van der Waals surface area contributed by atoms with Crippen molar-refractivity contribution in [2.24, 2.45) is 0 Å². The van der Waals surface area contributed by atoms with Crippen LogP contribution in [0.1, 0.15) is 49.7 Å². The highest BCUT2D eigenvalue weighted by molar-refractivity contribution is 7.17. The second-order valence-electron chi connectivity index (χ2n) is 4.16. The number of aldehydes is 1. The van der Waals surface area contributed by atoms with Gasteiger partial charge < -0.3 is 4.90 Å². The van der Waals surface area contributed by atoms with Crippen LogP contribution in [0.4, 0.5) is 5.13 Å². The SMILES string of the molecule is CCCCCN(c1ncc(C=O)s1)C(C)C. The lowest BCUT2D eigenvalue weighted by atomic mass is 10.2. The standard InChI is InChI=1S/C12H20N2OS/c1-4-5-6-7-14(10(2)3)12-13-8-11(9-15)16-12/h8-10H,4-7H2,1-3H3. The first kappa shape index (κ1) is 13.2. The molecule has 16 heavy (non-hydrogen) atoms. The summed E-state index contributed by atoms with van der Waals surface area (Å²) in [4.78, 5) is 17.9. The molecule has 1 rings (SSSR count). The summed E-state index contributed by atoms with van der Waals surface area (Å²) in [7, 11) is 0. The Kier molecular flexibility index (Phi) is 5.46. The number of anilines is 1. The van der Waals surface area contributed by atoms with E-state index in [1.54, 1.807) is 6.20 Å². The molecule has 0 saturated carbocycles. The highest BCUT2D eigenvalue weighted by Crippen LogP contribution is 2.23. The zero-order valence-corrected chi connectivity index (χ0v) is 11.1. The minimum atomic E-state index is 0.433. The summed E-state index contributed by atoms with van der Waals surface area (Å²) in [6.45, 7) is 7.55. The maximum atomic E-state index is 10.6. The molecule has 3 nitrogen and oxygen atoms in total. The summed E-state index contributed by atoms with van der Waals surface area (Å²) in [5.74, 6) is 0. The van der Waals surface area contributed by atoms with Crippen LogP contribution in [0.15, 0.2) is 6.20 Å². The number of rotatable bonds is 7. The fourth-order valence-electron chi connectivity index (χ4n) is 1.57. The molecule has 4 heteroatoms. The van der Waals surface area contributed by atoms with Crippen molar-refractivity contribution in [2.75, 3.05) is 11.4 Å². The van der Waals surface area contributed by atoms with Crippen LogP contribution in [0.25, 0.3) is 0 Å². The van der Waals surface area contributed by atoms with Crippen LogP contribution in [0, 0.1) is 0 Å². The van der Waals surface area contributed by atoms with E-state index in [0.717, 1.165) is 18.0 Å². The number of hydrogen-bond donors (Lipinski definition) is 0. The third-order valence-electron chi connectivity index (χ3n) is 2.50. The summed E-state index contributed by atoms with van der Waals surface area (Å²) in [6, 6.07) is 0.433. The minimum absolute atomic E-state index is 0.433. The zero-order chi connectivity index (χ0) is 12.0. The number of carbonyl (C=O) groups is 1. The van der Waals surface area contributed by atoms with Gasteiger partial charge in [0.1, 0.15) is 0 Å². The molecule has 0 spiro atoms. The van der Waals surface area contributed by atoms with Crippen molar-refractivity contribution >= 4 is 22.8 Å². The molecule has 90 valence electrons. The lowest BCUT2D eigenvalue weighted by molar-refractivity contribution is 0.112. The molecule has 0 amide bonds. The van der Waals surface area contributed by atoms with Crippen molar-refractivity contribution in [1.82, 2.24) is 4.98 Å². The van der Waals surface area contributed by atoms with Gasteiger partial charge >= 0.3 is 0 Å². The first-order valence-corrected chi connectivity index (χ1v) is 6.68. The van der Waals surface area contributed by atoms with E-state index in [2.05, 4.69) is 30.7 Å². The van der Waals surface area contributed by atoms with Crippen LogP contribution in [-0.4, -0.2) is 23.9 Å². The molecule has 0 atom stereocenters. The van der Waals surface area contributed by atoms with Crippen LogP contribution in [0.3, 0.4) is 0 Å². The molecule has 0 saturated heterocycles. The first-order valence-electron chi connectivity index (χ1n) is 5.86. The summed E-state index contributed by atoms with van der Waals surface area (Å²) >= 11 is 1.47. The van der Waals surface area contributed by atoms with Gasteiger partial charge in [-0.05, 0) is 20.3 Å². The van der Waals surface area contributed by atoms with Gasteiger partial charge in [-0.15, -0.1) is 0 Å². The lowest BCUT2D eigenvalue weighted by Crippen LogP contribution is -2.31. The Bertz CT molecular complexity index is 323. The molecule has 0 aliphatic heterocycles. The van der Waals surface area contributed by atoms with Crippen molar-refractivity contribution in [3.05, 3.63) is 11.1 Å². The highest BCUT2D eigenvalue weighted by atomic mass is 32.1. The topological polar surface area (TPSA) is 33.2 Å². The molecule has 0 N–H and O–H groups in total. The maximum absolute atomic E-state index is 10.6. The second kappa shape index (κ2) is 6.63. The predicted octanol–water partition coefficient (Wildman–Crippen LogP) is 3.36. The van der Waals surface area contributed by atoms with E-state index >= 15 is 0 Å². The van der Waals surface area contributed by atoms with Crippen LogP contribution in [0.5, 0.6) is 0 Å². The van der Waals surface area contributed by atoms with E-state index in [1.807, 2.05) is 0 Å². The van der Waals surface area contributed by atoms with Gasteiger partial charge in [-0.2, -0.15) is 0 Å². The van der Waals surface area contributed by atoms with E-state index in [-0.39, 0.29) is 0 Å². The number of carbonyl (C=O) groups excluding carboxylic acids is 1. The van der Waals surface area contributed by atoms with E-state index in [9.17, 15) is 4.79 Å². The molecular weight excluding hydrogens is 220 g/mol. The fraction of sp³-hybridized carbons (Fsp3) is 0.667. The predicted molar refractivity (Wildman–Crippen MR) is 69.5 cm³/mol. The van der Waals surface area contributed by atoms with Gasteiger partial charge in [0.05, 0.1) is 11.1 Å². The molecule has 0 bridgehead atoms. The Hall–Kier alpha value is -0.900. The quantitative estimate of drug-likeness (QED) is 0.541. The maximum Gasteiger partial charge on any atom is 0.186 e. The normalized spacial score (nSPS) is 10.8. The molecule has 1 heterocycles. The van der Waals surface area contributed by atoms with E-state index in [1.165, 1.54) is 30.6 Å². The highest BCUT2D eigenvalue weighted by Gasteiger charge is 2.13. The summed E-state index contributed by atoms with van der Waals surface area (Å²) in [6.07, 6.45) is 6.18. The zero-order valence-electron chi connectivity index (χ0n) is 10.3. The third kappa shape index (κ3) is 3.59. The van der Waals surface area contributed by atoms with Gasteiger partial charge in [-0.1, -0.05) is 31.1 Å². The van der Waals surface area contributed by atoms with Crippen molar-refractivity contribution in [3.63, 3.8) is 0 Å². The van der Waals surface area contributed by atoms with Crippen LogP contribution in [0.2, 0.25) is 0 Å². The first-order chi connectivity index (χ1) is 7.69. The van der Waals surface area contributed by atoms with Crippen LogP contribution >= 0.6 is 11.3 Å². The number of nitrogens with zero attached hydrogens (tertiary/aromatic N) is 2. The molecule has 1 aromatic heterocycles. The lowest BCUT2D eigenvalue weighted by Gasteiger charge is -2.25. The Labute approximate surface area is 101 Å². The Balaban J connectivity index is 2.65. The molecule has 0 radical (unpaired) electrons. The van der Waals surface area contributed by atoms with Gasteiger partial charge in [0.25, 0.3) is 0 Å². The average Bonchev–Trinajstić information content (AvgIpc) is 2.72. The molecule has 0 fully saturated rings. The molecule has 0 aliphatic rings. The average molecular weight is 240 g/mol. The molecule has 0 aromatic carbocycles. The van der Waals surface area contributed by atoms with Crippen molar-refractivity contribution in [2.45, 2.75) is 46.1 Å². The van der Waals surface area contributed by atoms with Gasteiger partial charge in [0, 0.05) is 12.6 Å². The van der Waals surface area contributed by atoms with Crippen molar-refractivity contribution < 1.29 is 4.79 Å². The third-order valence-corrected chi connectivity index (χ3v) is 3.46. The molecule has 0 unspecified atom stereocenters. The number of thiazole rings is 1. The van der Waals surface area contributed by atoms with E-state index in [4.69, 9.17) is 0 Å². The summed E-state index contributed by atoms with van der Waals surface area (Å²) in [5, 5.41) is 0.966. The number of unbranched alkanes of at least 4 members (excludes halogenated alkanes) is 2. The van der Waals surface area contributed by atoms with E-state index < -0.39 is 0 Å². The Morgan fingerprint density at radius 1 is 1.50 bits per heavy atom. The van der Waals surface area contributed by atoms with Crippen molar-refractivity contribution in [3.8, 4) is 0 Å². The smallest absolute Gasteiger partial charge is 0.186 e.